The van der Waals surface area contributed by atoms with Crippen molar-refractivity contribution in [2.75, 3.05) is 11.1 Å². The van der Waals surface area contributed by atoms with Gasteiger partial charge in [-0.15, -0.1) is 0 Å². The molecule has 1 aromatic heterocycles. The van der Waals surface area contributed by atoms with Crippen molar-refractivity contribution in [2.24, 2.45) is 0 Å². The summed E-state index contributed by atoms with van der Waals surface area (Å²) in [6, 6.07) is 20.5. The van der Waals surface area contributed by atoms with Crippen LogP contribution < -0.4 is 16.4 Å². The SMILES string of the molecule is CC(C)(C)c1ccc(C(=O)N[C@@H](c2ccccc2)[C@@H](O)C(=O)Nc2ccc3sc(N)nc3c2)cc1. The number of amides is 2. The van der Waals surface area contributed by atoms with Crippen LogP contribution in [-0.2, 0) is 10.2 Å². The van der Waals surface area contributed by atoms with Crippen LogP contribution in [0.15, 0.2) is 72.8 Å². The molecular weight excluding hydrogens is 460 g/mol. The van der Waals surface area contributed by atoms with E-state index in [0.717, 1.165) is 10.3 Å². The Morgan fingerprint density at radius 1 is 1.00 bits per heavy atom. The number of carbonyl (C=O) groups excluding carboxylic acids is 2. The maximum atomic E-state index is 13.1. The van der Waals surface area contributed by atoms with Crippen molar-refractivity contribution in [3.8, 4) is 0 Å². The highest BCUT2D eigenvalue weighted by atomic mass is 32.1. The summed E-state index contributed by atoms with van der Waals surface area (Å²) in [7, 11) is 0. The summed E-state index contributed by atoms with van der Waals surface area (Å²) in [4.78, 5) is 30.3. The van der Waals surface area contributed by atoms with Crippen molar-refractivity contribution >= 4 is 44.2 Å². The Balaban J connectivity index is 1.54. The highest BCUT2D eigenvalue weighted by molar-refractivity contribution is 7.22. The van der Waals surface area contributed by atoms with E-state index in [0.29, 0.717) is 27.5 Å². The molecule has 35 heavy (non-hydrogen) atoms. The number of nitrogens with one attached hydrogen (secondary N) is 2. The van der Waals surface area contributed by atoms with Crippen molar-refractivity contribution in [3.63, 3.8) is 0 Å². The average Bonchev–Trinajstić information content (AvgIpc) is 3.21. The standard InChI is InChI=1S/C27H28N4O3S/c1-27(2,3)18-11-9-17(10-12-18)24(33)31-22(16-7-5-4-6-8-16)23(32)25(34)29-19-13-14-21-20(15-19)30-26(28)35-21/h4-15,22-23,32H,1-3H3,(H2,28,30)(H,29,34)(H,31,33)/t22-,23+/m0/s1. The van der Waals surface area contributed by atoms with Gasteiger partial charge in [0.2, 0.25) is 0 Å². The molecule has 2 amide bonds. The lowest BCUT2D eigenvalue weighted by atomic mass is 9.86. The van der Waals surface area contributed by atoms with Crippen molar-refractivity contribution in [1.82, 2.24) is 10.3 Å². The number of hydrogen-bond donors (Lipinski definition) is 4. The number of nitrogen functional groups attached to an aromatic ring is 1. The number of aliphatic hydroxyl groups excluding tert-OH is 1. The molecule has 0 radical (unpaired) electrons. The smallest absolute Gasteiger partial charge is 0.255 e. The quantitative estimate of drug-likeness (QED) is 0.315. The van der Waals surface area contributed by atoms with Gasteiger partial charge in [-0.05, 0) is 46.9 Å². The number of nitrogens with zero attached hydrogens (tertiary/aromatic N) is 1. The summed E-state index contributed by atoms with van der Waals surface area (Å²) in [5.74, 6) is -1.03. The second kappa shape index (κ2) is 9.85. The van der Waals surface area contributed by atoms with Gasteiger partial charge in [0.25, 0.3) is 11.8 Å². The van der Waals surface area contributed by atoms with Crippen LogP contribution in [0.5, 0.6) is 0 Å². The zero-order valence-corrected chi connectivity index (χ0v) is 20.6. The van der Waals surface area contributed by atoms with E-state index in [9.17, 15) is 14.7 Å². The van der Waals surface area contributed by atoms with Gasteiger partial charge in [-0.1, -0.05) is 74.6 Å². The van der Waals surface area contributed by atoms with E-state index in [2.05, 4.69) is 36.4 Å². The summed E-state index contributed by atoms with van der Waals surface area (Å²) >= 11 is 1.35. The monoisotopic (exact) mass is 488 g/mol. The Kier molecular flexibility index (Phi) is 6.86. The van der Waals surface area contributed by atoms with Crippen molar-refractivity contribution in [1.29, 1.82) is 0 Å². The van der Waals surface area contributed by atoms with Gasteiger partial charge < -0.3 is 21.5 Å². The lowest BCUT2D eigenvalue weighted by Crippen LogP contribution is -2.42. The number of benzene rings is 3. The number of anilines is 2. The molecule has 0 fully saturated rings. The zero-order chi connectivity index (χ0) is 25.2. The Hall–Kier alpha value is -3.75. The molecule has 4 rings (SSSR count). The maximum Gasteiger partial charge on any atom is 0.255 e. The normalized spacial score (nSPS) is 13.3. The molecule has 0 aliphatic heterocycles. The Morgan fingerprint density at radius 2 is 1.69 bits per heavy atom. The van der Waals surface area contributed by atoms with Gasteiger partial charge in [0, 0.05) is 11.3 Å². The summed E-state index contributed by atoms with van der Waals surface area (Å²) < 4.78 is 0.896. The third-order valence-electron chi connectivity index (χ3n) is 5.71. The molecule has 0 aliphatic carbocycles. The minimum Gasteiger partial charge on any atom is -0.381 e. The number of aromatic nitrogens is 1. The molecule has 5 N–H and O–H groups in total. The average molecular weight is 489 g/mol. The second-order valence-electron chi connectivity index (χ2n) is 9.36. The predicted octanol–water partition coefficient (Wildman–Crippen LogP) is 4.65. The van der Waals surface area contributed by atoms with E-state index in [4.69, 9.17) is 5.73 Å². The first-order chi connectivity index (χ1) is 16.6. The van der Waals surface area contributed by atoms with Crippen LogP contribution in [-0.4, -0.2) is 28.0 Å². The van der Waals surface area contributed by atoms with Gasteiger partial charge in [-0.25, -0.2) is 4.98 Å². The highest BCUT2D eigenvalue weighted by Crippen LogP contribution is 2.27. The summed E-state index contributed by atoms with van der Waals surface area (Å²) in [6.45, 7) is 6.30. The van der Waals surface area contributed by atoms with Crippen LogP contribution in [0.25, 0.3) is 10.2 Å². The third kappa shape index (κ3) is 5.67. The predicted molar refractivity (Wildman–Crippen MR) is 140 cm³/mol. The lowest BCUT2D eigenvalue weighted by molar-refractivity contribution is -0.125. The molecular formula is C27H28N4O3S. The number of nitrogens with two attached hydrogens (primary N) is 1. The molecule has 0 saturated heterocycles. The molecule has 7 nitrogen and oxygen atoms in total. The summed E-state index contributed by atoms with van der Waals surface area (Å²) in [5, 5.41) is 17.0. The van der Waals surface area contributed by atoms with Crippen molar-refractivity contribution in [3.05, 3.63) is 89.5 Å². The van der Waals surface area contributed by atoms with Crippen LogP contribution in [0.1, 0.15) is 48.3 Å². The van der Waals surface area contributed by atoms with Crippen LogP contribution in [0.4, 0.5) is 10.8 Å². The summed E-state index contributed by atoms with van der Waals surface area (Å²) in [6.07, 6.45) is -1.54. The molecule has 0 unspecified atom stereocenters. The minimum absolute atomic E-state index is 0.0386. The molecule has 4 aromatic rings. The Labute approximate surface area is 208 Å². The van der Waals surface area contributed by atoms with Crippen molar-refractivity contribution < 1.29 is 14.7 Å². The topological polar surface area (TPSA) is 117 Å². The van der Waals surface area contributed by atoms with Crippen LogP contribution in [0, 0.1) is 0 Å². The van der Waals surface area contributed by atoms with Crippen LogP contribution in [0.2, 0.25) is 0 Å². The van der Waals surface area contributed by atoms with E-state index in [1.807, 2.05) is 24.3 Å². The molecule has 0 bridgehead atoms. The van der Waals surface area contributed by atoms with E-state index in [-0.39, 0.29) is 11.3 Å². The number of aliphatic hydroxyl groups is 1. The Bertz CT molecular complexity index is 1340. The highest BCUT2D eigenvalue weighted by Gasteiger charge is 2.30. The molecule has 180 valence electrons. The van der Waals surface area contributed by atoms with Gasteiger partial charge in [-0.2, -0.15) is 0 Å². The zero-order valence-electron chi connectivity index (χ0n) is 19.8. The fourth-order valence-corrected chi connectivity index (χ4v) is 4.46. The van der Waals surface area contributed by atoms with Gasteiger partial charge >= 0.3 is 0 Å². The number of hydrogen-bond acceptors (Lipinski definition) is 6. The molecule has 2 atom stereocenters. The van der Waals surface area contributed by atoms with E-state index in [1.54, 1.807) is 48.5 Å². The maximum absolute atomic E-state index is 13.1. The largest absolute Gasteiger partial charge is 0.381 e. The molecule has 8 heteroatoms. The first kappa shape index (κ1) is 24.4. The minimum atomic E-state index is -1.54. The first-order valence-electron chi connectivity index (χ1n) is 11.2. The van der Waals surface area contributed by atoms with Crippen molar-refractivity contribution in [2.45, 2.75) is 38.3 Å². The van der Waals surface area contributed by atoms with E-state index < -0.39 is 18.1 Å². The van der Waals surface area contributed by atoms with E-state index in [1.165, 1.54) is 11.3 Å². The van der Waals surface area contributed by atoms with Gasteiger partial charge in [0.15, 0.2) is 11.2 Å². The third-order valence-corrected chi connectivity index (χ3v) is 6.58. The van der Waals surface area contributed by atoms with Crippen LogP contribution >= 0.6 is 11.3 Å². The van der Waals surface area contributed by atoms with Crippen LogP contribution in [0.3, 0.4) is 0 Å². The number of carbonyl (C=O) groups is 2. The number of rotatable bonds is 6. The van der Waals surface area contributed by atoms with Gasteiger partial charge in [0.05, 0.1) is 16.3 Å². The lowest BCUT2D eigenvalue weighted by Gasteiger charge is -2.24. The van der Waals surface area contributed by atoms with E-state index >= 15 is 0 Å². The number of thiazole rings is 1. The fourth-order valence-electron chi connectivity index (χ4n) is 3.74. The second-order valence-corrected chi connectivity index (χ2v) is 10.4. The molecule has 0 spiro atoms. The molecule has 3 aromatic carbocycles. The number of fused-ring (bicyclic) bond motifs is 1. The first-order valence-corrected chi connectivity index (χ1v) is 12.0. The van der Waals surface area contributed by atoms with Gasteiger partial charge in [-0.3, -0.25) is 9.59 Å². The molecule has 0 saturated carbocycles. The molecule has 0 aliphatic rings. The Morgan fingerprint density at radius 3 is 2.34 bits per heavy atom. The van der Waals surface area contributed by atoms with Gasteiger partial charge in [0.1, 0.15) is 0 Å². The summed E-state index contributed by atoms with van der Waals surface area (Å²) in [5.41, 5.74) is 9.01. The molecule has 1 heterocycles. The fraction of sp³-hybridized carbons (Fsp3) is 0.222.